The third-order valence-electron chi connectivity index (χ3n) is 11.5. The highest BCUT2D eigenvalue weighted by atomic mass is 16.3. The molecule has 0 amide bonds. The molecule has 2 aromatic heterocycles. The standard InChI is InChI=1S/C49H29NO2/c1-6-20-39-31(13-1)32-14-2-7-21-40(32)49(39)41-22-8-3-15-33(41)34-28-27-30(29-42(34)49)50(43-23-11-18-37-35-16-4-9-25-45(35)51-47(37)43)44-24-12-19-38-36-17-5-10-26-46(36)52-48(38)44/h1-29H. The molecule has 0 N–H and O–H groups in total. The maximum absolute atomic E-state index is 6.74. The Hall–Kier alpha value is -6.84. The lowest BCUT2D eigenvalue weighted by atomic mass is 9.70. The van der Waals surface area contributed by atoms with Crippen molar-refractivity contribution in [1.29, 1.82) is 0 Å². The van der Waals surface area contributed by atoms with Crippen LogP contribution in [0.2, 0.25) is 0 Å². The summed E-state index contributed by atoms with van der Waals surface area (Å²) in [7, 11) is 0. The third kappa shape index (κ3) is 3.45. The molecule has 0 saturated carbocycles. The fourth-order valence-electron chi connectivity index (χ4n) is 9.45. The summed E-state index contributed by atoms with van der Waals surface area (Å²) in [5.41, 5.74) is 16.3. The van der Waals surface area contributed by atoms with Crippen molar-refractivity contribution in [2.75, 3.05) is 4.90 Å². The van der Waals surface area contributed by atoms with Gasteiger partial charge in [-0.2, -0.15) is 0 Å². The maximum atomic E-state index is 6.74. The SMILES string of the molecule is c1ccc2c(c1)-c1ccccc1C21c2ccccc2-c2ccc(N(c3cccc4c3oc3ccccc34)c3cccc4c3oc3ccccc34)cc21. The van der Waals surface area contributed by atoms with E-state index in [1.54, 1.807) is 0 Å². The van der Waals surface area contributed by atoms with Gasteiger partial charge in [0.2, 0.25) is 0 Å². The number of rotatable bonds is 3. The summed E-state index contributed by atoms with van der Waals surface area (Å²) in [4.78, 5) is 2.35. The smallest absolute Gasteiger partial charge is 0.159 e. The maximum Gasteiger partial charge on any atom is 0.159 e. The van der Waals surface area contributed by atoms with Gasteiger partial charge in [0.15, 0.2) is 11.2 Å². The number of nitrogens with zero attached hydrogens (tertiary/aromatic N) is 1. The van der Waals surface area contributed by atoms with Crippen LogP contribution in [0.15, 0.2) is 185 Å². The minimum atomic E-state index is -0.461. The van der Waals surface area contributed by atoms with E-state index in [0.29, 0.717) is 0 Å². The van der Waals surface area contributed by atoms with Gasteiger partial charge in [0.1, 0.15) is 11.2 Å². The quantitative estimate of drug-likeness (QED) is 0.188. The normalized spacial score (nSPS) is 13.5. The summed E-state index contributed by atoms with van der Waals surface area (Å²) in [6.45, 7) is 0. The van der Waals surface area contributed by atoms with E-state index in [0.717, 1.165) is 60.9 Å². The fourth-order valence-corrected chi connectivity index (χ4v) is 9.45. The fraction of sp³-hybridized carbons (Fsp3) is 0.0204. The van der Waals surface area contributed by atoms with Crippen LogP contribution >= 0.6 is 0 Å². The minimum Gasteiger partial charge on any atom is -0.454 e. The molecule has 0 aliphatic heterocycles. The van der Waals surface area contributed by atoms with Crippen LogP contribution in [-0.2, 0) is 5.41 Å². The van der Waals surface area contributed by atoms with Crippen molar-refractivity contribution in [1.82, 2.24) is 0 Å². The third-order valence-corrected chi connectivity index (χ3v) is 11.5. The second-order valence-electron chi connectivity index (χ2n) is 14.0. The molecule has 3 heteroatoms. The van der Waals surface area contributed by atoms with E-state index < -0.39 is 5.41 Å². The predicted octanol–water partition coefficient (Wildman–Crippen LogP) is 13.3. The zero-order valence-electron chi connectivity index (χ0n) is 28.0. The Labute approximate surface area is 299 Å². The van der Waals surface area contributed by atoms with Crippen molar-refractivity contribution in [2.45, 2.75) is 5.41 Å². The van der Waals surface area contributed by atoms with Crippen molar-refractivity contribution in [3.8, 4) is 22.3 Å². The second-order valence-corrected chi connectivity index (χ2v) is 14.0. The highest BCUT2D eigenvalue weighted by Gasteiger charge is 2.51. The average molecular weight is 664 g/mol. The van der Waals surface area contributed by atoms with Crippen molar-refractivity contribution >= 4 is 60.9 Å². The average Bonchev–Trinajstić information content (AvgIpc) is 3.94. The first-order valence-electron chi connectivity index (χ1n) is 17.9. The van der Waals surface area contributed by atoms with Gasteiger partial charge in [-0.05, 0) is 80.9 Å². The van der Waals surface area contributed by atoms with E-state index in [2.05, 4.69) is 169 Å². The molecule has 2 aliphatic carbocycles. The molecule has 242 valence electrons. The Kier molecular flexibility index (Phi) is 5.43. The van der Waals surface area contributed by atoms with Crippen LogP contribution in [0.4, 0.5) is 17.1 Å². The Balaban J connectivity index is 1.20. The molecule has 0 bridgehead atoms. The summed E-state index contributed by atoms with van der Waals surface area (Å²) in [5, 5.41) is 4.37. The minimum absolute atomic E-state index is 0.461. The molecule has 2 aliphatic rings. The second kappa shape index (κ2) is 10.1. The van der Waals surface area contributed by atoms with E-state index in [-0.39, 0.29) is 0 Å². The highest BCUT2D eigenvalue weighted by molar-refractivity contribution is 6.14. The van der Waals surface area contributed by atoms with Gasteiger partial charge in [-0.25, -0.2) is 0 Å². The lowest BCUT2D eigenvalue weighted by Gasteiger charge is -2.32. The first-order chi connectivity index (χ1) is 25.8. The van der Waals surface area contributed by atoms with Crippen LogP contribution in [0, 0.1) is 0 Å². The van der Waals surface area contributed by atoms with E-state index >= 15 is 0 Å². The highest BCUT2D eigenvalue weighted by Crippen LogP contribution is 2.63. The zero-order chi connectivity index (χ0) is 34.0. The lowest BCUT2D eigenvalue weighted by Crippen LogP contribution is -2.26. The van der Waals surface area contributed by atoms with Gasteiger partial charge in [-0.3, -0.25) is 0 Å². The molecule has 1 spiro atoms. The number of anilines is 3. The molecular weight excluding hydrogens is 635 g/mol. The van der Waals surface area contributed by atoms with Crippen molar-refractivity contribution in [3.05, 3.63) is 198 Å². The van der Waals surface area contributed by atoms with Crippen LogP contribution in [0.5, 0.6) is 0 Å². The molecule has 12 rings (SSSR count). The molecule has 0 saturated heterocycles. The predicted molar refractivity (Wildman–Crippen MR) is 212 cm³/mol. The molecule has 8 aromatic carbocycles. The van der Waals surface area contributed by atoms with Gasteiger partial charge in [0, 0.05) is 27.2 Å². The lowest BCUT2D eigenvalue weighted by molar-refractivity contribution is 0.666. The van der Waals surface area contributed by atoms with E-state index in [4.69, 9.17) is 8.83 Å². The molecule has 0 atom stereocenters. The van der Waals surface area contributed by atoms with Gasteiger partial charge in [-0.15, -0.1) is 0 Å². The Bertz CT molecular complexity index is 2930. The van der Waals surface area contributed by atoms with Crippen LogP contribution < -0.4 is 4.90 Å². The number of fused-ring (bicyclic) bond motifs is 16. The monoisotopic (exact) mass is 663 g/mol. The number of para-hydroxylation sites is 4. The molecule has 3 nitrogen and oxygen atoms in total. The number of benzene rings is 8. The van der Waals surface area contributed by atoms with Crippen LogP contribution in [0.25, 0.3) is 66.1 Å². The molecule has 10 aromatic rings. The topological polar surface area (TPSA) is 29.5 Å². The molecular formula is C49H29NO2. The van der Waals surface area contributed by atoms with E-state index in [9.17, 15) is 0 Å². The molecule has 0 unspecified atom stereocenters. The van der Waals surface area contributed by atoms with Crippen molar-refractivity contribution < 1.29 is 8.83 Å². The van der Waals surface area contributed by atoms with E-state index in [1.165, 1.54) is 44.5 Å². The van der Waals surface area contributed by atoms with Gasteiger partial charge in [0.05, 0.1) is 16.8 Å². The van der Waals surface area contributed by atoms with Crippen LogP contribution in [-0.4, -0.2) is 0 Å². The first-order valence-corrected chi connectivity index (χ1v) is 17.9. The zero-order valence-corrected chi connectivity index (χ0v) is 28.0. The number of furan rings is 2. The van der Waals surface area contributed by atoms with Crippen molar-refractivity contribution in [3.63, 3.8) is 0 Å². The summed E-state index contributed by atoms with van der Waals surface area (Å²) in [6.07, 6.45) is 0. The van der Waals surface area contributed by atoms with Crippen LogP contribution in [0.1, 0.15) is 22.3 Å². The Morgan fingerprint density at radius 3 is 1.29 bits per heavy atom. The molecule has 52 heavy (non-hydrogen) atoms. The van der Waals surface area contributed by atoms with Crippen LogP contribution in [0.3, 0.4) is 0 Å². The molecule has 2 heterocycles. The summed E-state index contributed by atoms with van der Waals surface area (Å²) in [6, 6.07) is 63.4. The summed E-state index contributed by atoms with van der Waals surface area (Å²) < 4.78 is 13.5. The molecule has 0 fully saturated rings. The number of hydrogen-bond acceptors (Lipinski definition) is 3. The van der Waals surface area contributed by atoms with Gasteiger partial charge >= 0.3 is 0 Å². The largest absolute Gasteiger partial charge is 0.454 e. The Morgan fingerprint density at radius 1 is 0.346 bits per heavy atom. The first kappa shape index (κ1) is 27.9. The van der Waals surface area contributed by atoms with Gasteiger partial charge in [-0.1, -0.05) is 140 Å². The Morgan fingerprint density at radius 2 is 0.769 bits per heavy atom. The van der Waals surface area contributed by atoms with Gasteiger partial charge < -0.3 is 13.7 Å². The summed E-state index contributed by atoms with van der Waals surface area (Å²) in [5.74, 6) is 0. The summed E-state index contributed by atoms with van der Waals surface area (Å²) >= 11 is 0. The molecule has 0 radical (unpaired) electrons. The number of hydrogen-bond donors (Lipinski definition) is 0. The van der Waals surface area contributed by atoms with Crippen molar-refractivity contribution in [2.24, 2.45) is 0 Å². The van der Waals surface area contributed by atoms with Gasteiger partial charge in [0.25, 0.3) is 0 Å². The van der Waals surface area contributed by atoms with E-state index in [1.807, 2.05) is 12.1 Å².